The Morgan fingerprint density at radius 2 is 0.955 bits per heavy atom. The molecule has 0 aromatic rings. The molecule has 0 atom stereocenters. The van der Waals surface area contributed by atoms with Crippen molar-refractivity contribution in [3.63, 3.8) is 0 Å². The van der Waals surface area contributed by atoms with E-state index < -0.39 is 0 Å². The van der Waals surface area contributed by atoms with E-state index in [1.807, 2.05) is 0 Å². The topological polar surface area (TPSA) is 9.23 Å². The maximum atomic E-state index is 5.58. The number of allylic oxidation sites excluding steroid dienone is 2. The molecule has 22 heavy (non-hydrogen) atoms. The van der Waals surface area contributed by atoms with Crippen molar-refractivity contribution >= 4 is 0 Å². The molecule has 0 N–H and O–H groups in total. The minimum Gasteiger partial charge on any atom is -0.381 e. The van der Waals surface area contributed by atoms with Crippen molar-refractivity contribution in [3.8, 4) is 0 Å². The van der Waals surface area contributed by atoms with E-state index in [1.165, 1.54) is 96.3 Å². The summed E-state index contributed by atoms with van der Waals surface area (Å²) in [5.74, 6) is 0. The minimum absolute atomic E-state index is 0.958. The van der Waals surface area contributed by atoms with Gasteiger partial charge in [-0.15, -0.1) is 0 Å². The first-order valence-electron chi connectivity index (χ1n) is 10.1. The highest BCUT2D eigenvalue weighted by Gasteiger charge is 1.92. The molecule has 0 unspecified atom stereocenters. The van der Waals surface area contributed by atoms with E-state index in [0.717, 1.165) is 13.2 Å². The van der Waals surface area contributed by atoms with Gasteiger partial charge in [-0.05, 0) is 38.5 Å². The Hall–Kier alpha value is -0.300. The van der Waals surface area contributed by atoms with Crippen LogP contribution in [0, 0.1) is 0 Å². The van der Waals surface area contributed by atoms with Crippen LogP contribution in [0.15, 0.2) is 12.2 Å². The molecule has 0 aliphatic heterocycles. The van der Waals surface area contributed by atoms with Crippen LogP contribution in [0.2, 0.25) is 0 Å². The molecule has 0 aliphatic rings. The first kappa shape index (κ1) is 21.7. The van der Waals surface area contributed by atoms with Crippen LogP contribution in [-0.4, -0.2) is 13.2 Å². The van der Waals surface area contributed by atoms with Crippen molar-refractivity contribution in [2.75, 3.05) is 13.2 Å². The van der Waals surface area contributed by atoms with Crippen LogP contribution in [0.1, 0.15) is 110 Å². The van der Waals surface area contributed by atoms with Crippen LogP contribution in [0.5, 0.6) is 0 Å². The highest BCUT2D eigenvalue weighted by atomic mass is 16.5. The molecule has 1 heteroatoms. The standard InChI is InChI=1S/C21H42O/c1-3-5-7-8-9-10-11-12-13-14-15-16-17-18-19-21-22-20-6-4-2/h12-13H,3-11,14-21H2,1-2H3/b13-12-. The van der Waals surface area contributed by atoms with Crippen molar-refractivity contribution in [3.05, 3.63) is 12.2 Å². The maximum Gasteiger partial charge on any atom is 0.0466 e. The Morgan fingerprint density at radius 1 is 0.500 bits per heavy atom. The first-order valence-corrected chi connectivity index (χ1v) is 10.1. The molecular formula is C21H42O. The molecule has 0 aromatic carbocycles. The fourth-order valence-corrected chi connectivity index (χ4v) is 2.62. The highest BCUT2D eigenvalue weighted by molar-refractivity contribution is 4.81. The van der Waals surface area contributed by atoms with Crippen molar-refractivity contribution in [1.29, 1.82) is 0 Å². The van der Waals surface area contributed by atoms with Gasteiger partial charge >= 0.3 is 0 Å². The summed E-state index contributed by atoms with van der Waals surface area (Å²) in [5, 5.41) is 0. The zero-order valence-corrected chi connectivity index (χ0v) is 15.6. The van der Waals surface area contributed by atoms with Gasteiger partial charge < -0.3 is 4.74 Å². The normalized spacial score (nSPS) is 11.5. The second-order valence-electron chi connectivity index (χ2n) is 6.55. The third-order valence-electron chi connectivity index (χ3n) is 4.19. The lowest BCUT2D eigenvalue weighted by molar-refractivity contribution is 0.127. The zero-order valence-electron chi connectivity index (χ0n) is 15.6. The molecule has 0 heterocycles. The lowest BCUT2D eigenvalue weighted by Crippen LogP contribution is -1.96. The number of rotatable bonds is 18. The molecule has 1 nitrogen and oxygen atoms in total. The summed E-state index contributed by atoms with van der Waals surface area (Å²) in [7, 11) is 0. The Morgan fingerprint density at radius 3 is 1.55 bits per heavy atom. The van der Waals surface area contributed by atoms with E-state index in [0.29, 0.717) is 0 Å². The van der Waals surface area contributed by atoms with Gasteiger partial charge in [0.25, 0.3) is 0 Å². The molecule has 0 saturated heterocycles. The Kier molecular flexibility index (Phi) is 20.4. The molecule has 0 aromatic heterocycles. The number of hydrogen-bond donors (Lipinski definition) is 0. The molecule has 0 bridgehead atoms. The third-order valence-corrected chi connectivity index (χ3v) is 4.19. The van der Waals surface area contributed by atoms with Gasteiger partial charge in [0.1, 0.15) is 0 Å². The monoisotopic (exact) mass is 310 g/mol. The molecule has 0 rings (SSSR count). The van der Waals surface area contributed by atoms with Crippen LogP contribution in [0.3, 0.4) is 0 Å². The summed E-state index contributed by atoms with van der Waals surface area (Å²) in [5.41, 5.74) is 0. The second-order valence-corrected chi connectivity index (χ2v) is 6.55. The average Bonchev–Trinajstić information content (AvgIpc) is 2.54. The van der Waals surface area contributed by atoms with Gasteiger partial charge in [0, 0.05) is 13.2 Å². The van der Waals surface area contributed by atoms with Gasteiger partial charge in [-0.1, -0.05) is 83.8 Å². The lowest BCUT2D eigenvalue weighted by atomic mass is 10.1. The second kappa shape index (κ2) is 20.7. The largest absolute Gasteiger partial charge is 0.381 e. The Bertz CT molecular complexity index is 210. The average molecular weight is 311 g/mol. The number of hydrogen-bond acceptors (Lipinski definition) is 1. The summed E-state index contributed by atoms with van der Waals surface area (Å²) in [6.07, 6.45) is 25.0. The van der Waals surface area contributed by atoms with Crippen LogP contribution >= 0.6 is 0 Å². The van der Waals surface area contributed by atoms with Gasteiger partial charge in [0.15, 0.2) is 0 Å². The smallest absolute Gasteiger partial charge is 0.0466 e. The van der Waals surface area contributed by atoms with Gasteiger partial charge in [0.2, 0.25) is 0 Å². The number of ether oxygens (including phenoxy) is 1. The van der Waals surface area contributed by atoms with Crippen molar-refractivity contribution in [2.45, 2.75) is 110 Å². The van der Waals surface area contributed by atoms with Crippen LogP contribution < -0.4 is 0 Å². The predicted molar refractivity (Wildman–Crippen MR) is 101 cm³/mol. The molecular weight excluding hydrogens is 268 g/mol. The predicted octanol–water partition coefficient (Wildman–Crippen LogP) is 7.45. The molecule has 0 fully saturated rings. The van der Waals surface area contributed by atoms with Crippen molar-refractivity contribution in [2.24, 2.45) is 0 Å². The Labute approximate surface area is 140 Å². The van der Waals surface area contributed by atoms with Crippen LogP contribution in [0.4, 0.5) is 0 Å². The van der Waals surface area contributed by atoms with E-state index in [9.17, 15) is 0 Å². The van der Waals surface area contributed by atoms with E-state index in [1.54, 1.807) is 0 Å². The summed E-state index contributed by atoms with van der Waals surface area (Å²) in [4.78, 5) is 0. The van der Waals surface area contributed by atoms with E-state index in [2.05, 4.69) is 26.0 Å². The fraction of sp³-hybridized carbons (Fsp3) is 0.905. The first-order chi connectivity index (χ1) is 10.9. The summed E-state index contributed by atoms with van der Waals surface area (Å²) in [6.45, 7) is 6.42. The third kappa shape index (κ3) is 19.7. The molecule has 0 radical (unpaired) electrons. The van der Waals surface area contributed by atoms with Gasteiger partial charge in [-0.2, -0.15) is 0 Å². The van der Waals surface area contributed by atoms with E-state index >= 15 is 0 Å². The molecule has 0 amide bonds. The molecule has 0 spiro atoms. The van der Waals surface area contributed by atoms with E-state index in [4.69, 9.17) is 4.74 Å². The Balaban J connectivity index is 3.02. The van der Waals surface area contributed by atoms with Gasteiger partial charge in [-0.3, -0.25) is 0 Å². The zero-order chi connectivity index (χ0) is 16.1. The fourth-order valence-electron chi connectivity index (χ4n) is 2.62. The van der Waals surface area contributed by atoms with Crippen LogP contribution in [-0.2, 0) is 4.74 Å². The van der Waals surface area contributed by atoms with Crippen molar-refractivity contribution in [1.82, 2.24) is 0 Å². The van der Waals surface area contributed by atoms with Crippen molar-refractivity contribution < 1.29 is 4.74 Å². The lowest BCUT2D eigenvalue weighted by Gasteiger charge is -2.03. The van der Waals surface area contributed by atoms with E-state index in [-0.39, 0.29) is 0 Å². The minimum atomic E-state index is 0.958. The number of unbranched alkanes of at least 4 members (excludes halogenated alkanes) is 12. The summed E-state index contributed by atoms with van der Waals surface area (Å²) in [6, 6.07) is 0. The van der Waals surface area contributed by atoms with Gasteiger partial charge in [0.05, 0.1) is 0 Å². The highest BCUT2D eigenvalue weighted by Crippen LogP contribution is 2.09. The van der Waals surface area contributed by atoms with Crippen LogP contribution in [0.25, 0.3) is 0 Å². The quantitative estimate of drug-likeness (QED) is 0.189. The SMILES string of the molecule is CCCCCCCC/C=C\CCCCCCCOCCCC. The summed E-state index contributed by atoms with van der Waals surface area (Å²) >= 11 is 0. The molecule has 132 valence electrons. The molecule has 0 aliphatic carbocycles. The maximum absolute atomic E-state index is 5.58. The molecule has 0 saturated carbocycles. The summed E-state index contributed by atoms with van der Waals surface area (Å²) < 4.78 is 5.58. The van der Waals surface area contributed by atoms with Gasteiger partial charge in [-0.25, -0.2) is 0 Å².